The van der Waals surface area contributed by atoms with Gasteiger partial charge in [-0.2, -0.15) is 0 Å². The normalized spacial score (nSPS) is 15.7. The third-order valence-electron chi connectivity index (χ3n) is 4.10. The summed E-state index contributed by atoms with van der Waals surface area (Å²) in [4.78, 5) is 7.20. The van der Waals surface area contributed by atoms with E-state index in [-0.39, 0.29) is 6.61 Å². The zero-order valence-corrected chi connectivity index (χ0v) is 11.6. The number of benzene rings is 1. The Bertz CT molecular complexity index is 622. The molecule has 3 rings (SSSR count). The molecule has 100 valence electrons. The number of fused-ring (bicyclic) bond motifs is 2. The summed E-state index contributed by atoms with van der Waals surface area (Å²) >= 11 is 0. The first-order valence-electron chi connectivity index (χ1n) is 6.97. The van der Waals surface area contributed by atoms with Gasteiger partial charge in [-0.05, 0) is 36.7 Å². The first kappa shape index (κ1) is 12.6. The lowest BCUT2D eigenvalue weighted by molar-refractivity contribution is 0.252. The Morgan fingerprint density at radius 1 is 1.37 bits per heavy atom. The van der Waals surface area contributed by atoms with Crippen LogP contribution in [0.15, 0.2) is 18.2 Å². The molecule has 1 aliphatic rings. The Hall–Kier alpha value is -1.45. The average Bonchev–Trinajstić information content (AvgIpc) is 2.44. The Labute approximate surface area is 113 Å². The standard InChI is InChI=1S/C16H20N2O/c1-3-18-7-6-16-13(9-18)14(10-19)12-8-11(2)4-5-15(12)17-16/h4-5,8,19H,3,6-7,9-10H2,1-2H3. The molecular formula is C16H20N2O. The average molecular weight is 256 g/mol. The smallest absolute Gasteiger partial charge is 0.0709 e. The Morgan fingerprint density at radius 2 is 2.21 bits per heavy atom. The molecule has 0 unspecified atom stereocenters. The number of hydrogen-bond donors (Lipinski definition) is 1. The fourth-order valence-corrected chi connectivity index (χ4v) is 2.95. The monoisotopic (exact) mass is 256 g/mol. The molecule has 2 heterocycles. The first-order chi connectivity index (χ1) is 9.22. The molecule has 3 heteroatoms. The zero-order valence-electron chi connectivity index (χ0n) is 11.6. The van der Waals surface area contributed by atoms with Gasteiger partial charge in [0.1, 0.15) is 0 Å². The molecule has 0 radical (unpaired) electrons. The van der Waals surface area contributed by atoms with Gasteiger partial charge in [0.25, 0.3) is 0 Å². The van der Waals surface area contributed by atoms with Crippen molar-refractivity contribution in [3.8, 4) is 0 Å². The molecule has 1 aromatic carbocycles. The van der Waals surface area contributed by atoms with Crippen molar-refractivity contribution in [2.75, 3.05) is 13.1 Å². The van der Waals surface area contributed by atoms with Crippen LogP contribution in [0.25, 0.3) is 10.9 Å². The minimum absolute atomic E-state index is 0.0996. The molecule has 0 atom stereocenters. The van der Waals surface area contributed by atoms with Crippen LogP contribution in [0.3, 0.4) is 0 Å². The summed E-state index contributed by atoms with van der Waals surface area (Å²) < 4.78 is 0. The summed E-state index contributed by atoms with van der Waals surface area (Å²) in [6.07, 6.45) is 0.986. The van der Waals surface area contributed by atoms with Gasteiger partial charge in [-0.3, -0.25) is 9.88 Å². The van der Waals surface area contributed by atoms with E-state index in [1.54, 1.807) is 0 Å². The van der Waals surface area contributed by atoms with Crippen molar-refractivity contribution in [2.24, 2.45) is 0 Å². The highest BCUT2D eigenvalue weighted by molar-refractivity contribution is 5.84. The predicted octanol–water partition coefficient (Wildman–Crippen LogP) is 2.41. The summed E-state index contributed by atoms with van der Waals surface area (Å²) in [5.41, 5.74) is 5.71. The fourth-order valence-electron chi connectivity index (χ4n) is 2.95. The van der Waals surface area contributed by atoms with E-state index in [0.717, 1.165) is 42.5 Å². The van der Waals surface area contributed by atoms with Gasteiger partial charge in [-0.25, -0.2) is 0 Å². The maximum Gasteiger partial charge on any atom is 0.0709 e. The molecule has 0 fully saturated rings. The highest BCUT2D eigenvalue weighted by Gasteiger charge is 2.21. The summed E-state index contributed by atoms with van der Waals surface area (Å²) in [7, 11) is 0. The molecule has 1 aromatic heterocycles. The summed E-state index contributed by atoms with van der Waals surface area (Å²) in [6, 6.07) is 6.29. The Balaban J connectivity index is 2.23. The van der Waals surface area contributed by atoms with Crippen LogP contribution in [0.2, 0.25) is 0 Å². The van der Waals surface area contributed by atoms with E-state index in [9.17, 15) is 5.11 Å². The number of hydrogen-bond acceptors (Lipinski definition) is 3. The van der Waals surface area contributed by atoms with Crippen LogP contribution >= 0.6 is 0 Å². The lowest BCUT2D eigenvalue weighted by Gasteiger charge is -2.29. The van der Waals surface area contributed by atoms with E-state index in [4.69, 9.17) is 4.98 Å². The van der Waals surface area contributed by atoms with Crippen LogP contribution in [-0.2, 0) is 19.6 Å². The second-order valence-corrected chi connectivity index (χ2v) is 5.31. The fraction of sp³-hybridized carbons (Fsp3) is 0.438. The summed E-state index contributed by atoms with van der Waals surface area (Å²) in [5, 5.41) is 10.9. The van der Waals surface area contributed by atoms with Gasteiger partial charge in [0.15, 0.2) is 0 Å². The quantitative estimate of drug-likeness (QED) is 0.896. The van der Waals surface area contributed by atoms with Crippen molar-refractivity contribution in [1.29, 1.82) is 0 Å². The minimum atomic E-state index is 0.0996. The lowest BCUT2D eigenvalue weighted by atomic mass is 9.95. The third kappa shape index (κ3) is 2.13. The topological polar surface area (TPSA) is 36.4 Å². The molecule has 0 saturated carbocycles. The van der Waals surface area contributed by atoms with Gasteiger partial charge in [0.2, 0.25) is 0 Å². The summed E-state index contributed by atoms with van der Waals surface area (Å²) in [6.45, 7) is 7.40. The zero-order chi connectivity index (χ0) is 13.4. The number of aliphatic hydroxyl groups is 1. The van der Waals surface area contributed by atoms with E-state index in [1.807, 2.05) is 0 Å². The molecule has 1 aliphatic heterocycles. The number of aryl methyl sites for hydroxylation is 1. The van der Waals surface area contributed by atoms with Crippen LogP contribution in [0, 0.1) is 6.92 Å². The van der Waals surface area contributed by atoms with E-state index in [0.29, 0.717) is 0 Å². The molecule has 1 N–H and O–H groups in total. The van der Waals surface area contributed by atoms with Crippen LogP contribution in [0.4, 0.5) is 0 Å². The highest BCUT2D eigenvalue weighted by Crippen LogP contribution is 2.28. The van der Waals surface area contributed by atoms with Crippen LogP contribution in [0.1, 0.15) is 29.3 Å². The van der Waals surface area contributed by atoms with Crippen molar-refractivity contribution < 1.29 is 5.11 Å². The number of rotatable bonds is 2. The number of nitrogens with zero attached hydrogens (tertiary/aromatic N) is 2. The van der Waals surface area contributed by atoms with Crippen molar-refractivity contribution in [3.05, 3.63) is 40.6 Å². The highest BCUT2D eigenvalue weighted by atomic mass is 16.3. The maximum absolute atomic E-state index is 9.80. The molecular weight excluding hydrogens is 236 g/mol. The van der Waals surface area contributed by atoms with Gasteiger partial charge in [0, 0.05) is 30.6 Å². The Kier molecular flexibility index (Phi) is 3.25. The number of aliphatic hydroxyl groups excluding tert-OH is 1. The number of pyridine rings is 1. The molecule has 2 aromatic rings. The molecule has 0 amide bonds. The first-order valence-corrected chi connectivity index (χ1v) is 6.97. The van der Waals surface area contributed by atoms with Gasteiger partial charge in [-0.15, -0.1) is 0 Å². The molecule has 0 saturated heterocycles. The molecule has 0 spiro atoms. The van der Waals surface area contributed by atoms with E-state index >= 15 is 0 Å². The van der Waals surface area contributed by atoms with Crippen molar-refractivity contribution >= 4 is 10.9 Å². The maximum atomic E-state index is 9.80. The van der Waals surface area contributed by atoms with Gasteiger partial charge in [0.05, 0.1) is 12.1 Å². The SMILES string of the molecule is CCN1CCc2nc3ccc(C)cc3c(CO)c2C1. The largest absolute Gasteiger partial charge is 0.392 e. The van der Waals surface area contributed by atoms with E-state index in [2.05, 4.69) is 36.9 Å². The van der Waals surface area contributed by atoms with E-state index < -0.39 is 0 Å². The van der Waals surface area contributed by atoms with Crippen molar-refractivity contribution in [2.45, 2.75) is 33.4 Å². The second kappa shape index (κ2) is 4.91. The predicted molar refractivity (Wildman–Crippen MR) is 77.1 cm³/mol. The Morgan fingerprint density at radius 3 is 2.95 bits per heavy atom. The van der Waals surface area contributed by atoms with E-state index in [1.165, 1.54) is 16.8 Å². The second-order valence-electron chi connectivity index (χ2n) is 5.31. The van der Waals surface area contributed by atoms with Crippen LogP contribution in [0.5, 0.6) is 0 Å². The van der Waals surface area contributed by atoms with Crippen LogP contribution in [-0.4, -0.2) is 28.1 Å². The molecule has 0 aliphatic carbocycles. The third-order valence-corrected chi connectivity index (χ3v) is 4.10. The molecule has 19 heavy (non-hydrogen) atoms. The number of aromatic nitrogens is 1. The van der Waals surface area contributed by atoms with Gasteiger partial charge < -0.3 is 5.11 Å². The molecule has 3 nitrogen and oxygen atoms in total. The van der Waals surface area contributed by atoms with Crippen molar-refractivity contribution in [3.63, 3.8) is 0 Å². The lowest BCUT2D eigenvalue weighted by Crippen LogP contribution is -2.31. The minimum Gasteiger partial charge on any atom is -0.392 e. The van der Waals surface area contributed by atoms with Crippen LogP contribution < -0.4 is 0 Å². The van der Waals surface area contributed by atoms with Gasteiger partial charge >= 0.3 is 0 Å². The molecule has 0 bridgehead atoms. The van der Waals surface area contributed by atoms with Gasteiger partial charge in [-0.1, -0.05) is 18.6 Å². The number of likely N-dealkylation sites (N-methyl/N-ethyl adjacent to an activating group) is 1. The summed E-state index contributed by atoms with van der Waals surface area (Å²) in [5.74, 6) is 0. The van der Waals surface area contributed by atoms with Crippen molar-refractivity contribution in [1.82, 2.24) is 9.88 Å².